The maximum atomic E-state index is 12.8. The van der Waals surface area contributed by atoms with Crippen molar-refractivity contribution in [3.63, 3.8) is 0 Å². The van der Waals surface area contributed by atoms with Gasteiger partial charge in [0, 0.05) is 87.9 Å². The standard InChI is InChI=1S/C38H51N7O5/c1-27-19-28(2)45(41-27)34-21-31(20-33(23-34)43-14-16-44(17-15-43)36(47)8-4-5-18-46)32(22-37(48)49-3)25-42-13-11-29(24-42)26-50-35-10-9-30-7-6-12-39-38(30)40-35/h9-10,18-21,23,29,32H,4-8,11-17,22,24-26H2,1-3H3,(H,39,40). The quantitative estimate of drug-likeness (QED) is 0.149. The summed E-state index contributed by atoms with van der Waals surface area (Å²) in [5.41, 5.74) is 6.28. The van der Waals surface area contributed by atoms with E-state index in [9.17, 15) is 14.4 Å². The van der Waals surface area contributed by atoms with Crippen molar-refractivity contribution in [2.24, 2.45) is 5.92 Å². The molecule has 12 nitrogen and oxygen atoms in total. The molecule has 6 rings (SSSR count). The number of aryl methyl sites for hydroxylation is 3. The zero-order valence-corrected chi connectivity index (χ0v) is 29.7. The number of benzene rings is 1. The molecule has 50 heavy (non-hydrogen) atoms. The van der Waals surface area contributed by atoms with Gasteiger partial charge in [0.15, 0.2) is 0 Å². The number of hydrogen-bond acceptors (Lipinski definition) is 10. The number of piperazine rings is 1. The van der Waals surface area contributed by atoms with Gasteiger partial charge < -0.3 is 34.3 Å². The number of hydrogen-bond donors (Lipinski definition) is 1. The molecule has 0 radical (unpaired) electrons. The van der Waals surface area contributed by atoms with E-state index in [-0.39, 0.29) is 24.2 Å². The van der Waals surface area contributed by atoms with Gasteiger partial charge in [0.25, 0.3) is 0 Å². The molecule has 2 unspecified atom stereocenters. The number of aromatic nitrogens is 3. The largest absolute Gasteiger partial charge is 0.477 e. The van der Waals surface area contributed by atoms with Crippen molar-refractivity contribution < 1.29 is 23.9 Å². The van der Waals surface area contributed by atoms with Crippen molar-refractivity contribution in [2.75, 3.05) is 76.3 Å². The number of carbonyl (C=O) groups excluding carboxylic acids is 3. The molecular weight excluding hydrogens is 634 g/mol. The molecule has 1 amide bonds. The minimum absolute atomic E-state index is 0.0909. The Bertz CT molecular complexity index is 1650. The van der Waals surface area contributed by atoms with E-state index in [1.165, 1.54) is 12.7 Å². The van der Waals surface area contributed by atoms with Crippen LogP contribution in [0.5, 0.6) is 5.88 Å². The Morgan fingerprint density at radius 1 is 1.06 bits per heavy atom. The smallest absolute Gasteiger partial charge is 0.306 e. The number of anilines is 2. The molecule has 5 heterocycles. The molecule has 0 spiro atoms. The second-order valence-electron chi connectivity index (χ2n) is 13.9. The van der Waals surface area contributed by atoms with Gasteiger partial charge in [-0.25, -0.2) is 4.68 Å². The number of carbonyl (C=O) groups is 3. The van der Waals surface area contributed by atoms with Crippen LogP contribution in [0.4, 0.5) is 11.5 Å². The number of fused-ring (bicyclic) bond motifs is 1. The Hall–Kier alpha value is -4.45. The number of esters is 1. The summed E-state index contributed by atoms with van der Waals surface area (Å²) in [6.45, 7) is 10.8. The zero-order valence-electron chi connectivity index (χ0n) is 29.7. The summed E-state index contributed by atoms with van der Waals surface area (Å²) in [5, 5.41) is 8.18. The second-order valence-corrected chi connectivity index (χ2v) is 13.9. The van der Waals surface area contributed by atoms with Crippen LogP contribution in [0, 0.1) is 19.8 Å². The average molecular weight is 686 g/mol. The fraction of sp³-hybridized carbons (Fsp3) is 0.553. The molecule has 0 aliphatic carbocycles. The summed E-state index contributed by atoms with van der Waals surface area (Å²) in [4.78, 5) is 47.6. The molecule has 3 aromatic rings. The SMILES string of the molecule is COC(=O)CC(CN1CCC(COc2ccc3c(n2)NCCC3)C1)c1cc(N2CCN(C(=O)CCCC=O)CC2)cc(-n2nc(C)cc2C)c1. The van der Waals surface area contributed by atoms with E-state index in [0.29, 0.717) is 63.8 Å². The summed E-state index contributed by atoms with van der Waals surface area (Å²) in [7, 11) is 1.45. The number of likely N-dealkylation sites (tertiary alicyclic amines) is 1. The predicted molar refractivity (Wildman–Crippen MR) is 192 cm³/mol. The van der Waals surface area contributed by atoms with Crippen LogP contribution >= 0.6 is 0 Å². The average Bonchev–Trinajstić information content (AvgIpc) is 3.74. The van der Waals surface area contributed by atoms with E-state index >= 15 is 0 Å². The first-order valence-corrected chi connectivity index (χ1v) is 18.1. The number of ether oxygens (including phenoxy) is 2. The number of nitrogens with one attached hydrogen (secondary N) is 1. The van der Waals surface area contributed by atoms with E-state index in [1.807, 2.05) is 22.6 Å². The van der Waals surface area contributed by atoms with Crippen molar-refractivity contribution in [3.05, 3.63) is 58.9 Å². The van der Waals surface area contributed by atoms with Crippen LogP contribution in [0.2, 0.25) is 0 Å². The summed E-state index contributed by atoms with van der Waals surface area (Å²) >= 11 is 0. The van der Waals surface area contributed by atoms with Gasteiger partial charge in [-0.15, -0.1) is 0 Å². The molecule has 268 valence electrons. The minimum atomic E-state index is -0.235. The van der Waals surface area contributed by atoms with Crippen LogP contribution in [0.15, 0.2) is 36.4 Å². The summed E-state index contributed by atoms with van der Waals surface area (Å²) in [6.07, 6.45) is 5.73. The van der Waals surface area contributed by atoms with Gasteiger partial charge >= 0.3 is 5.97 Å². The number of amides is 1. The summed E-state index contributed by atoms with van der Waals surface area (Å²) < 4.78 is 13.3. The van der Waals surface area contributed by atoms with Gasteiger partial charge in [-0.3, -0.25) is 9.59 Å². The Morgan fingerprint density at radius 2 is 1.88 bits per heavy atom. The fourth-order valence-electron chi connectivity index (χ4n) is 7.45. The topological polar surface area (TPSA) is 122 Å². The monoisotopic (exact) mass is 685 g/mol. The maximum Gasteiger partial charge on any atom is 0.306 e. The Labute approximate surface area is 295 Å². The minimum Gasteiger partial charge on any atom is -0.477 e. The molecule has 2 atom stereocenters. The van der Waals surface area contributed by atoms with E-state index < -0.39 is 0 Å². The first-order chi connectivity index (χ1) is 24.3. The molecule has 2 aromatic heterocycles. The lowest BCUT2D eigenvalue weighted by Gasteiger charge is -2.37. The molecule has 3 aliphatic rings. The van der Waals surface area contributed by atoms with Crippen molar-refractivity contribution in [2.45, 2.75) is 64.7 Å². The highest BCUT2D eigenvalue weighted by molar-refractivity contribution is 5.77. The molecule has 2 fully saturated rings. The maximum absolute atomic E-state index is 12.8. The van der Waals surface area contributed by atoms with Crippen molar-refractivity contribution in [1.29, 1.82) is 0 Å². The number of pyridine rings is 1. The van der Waals surface area contributed by atoms with Crippen LogP contribution in [0.1, 0.15) is 67.0 Å². The van der Waals surface area contributed by atoms with Gasteiger partial charge in [0.2, 0.25) is 11.8 Å². The molecule has 3 aliphatic heterocycles. The highest BCUT2D eigenvalue weighted by Gasteiger charge is 2.29. The first kappa shape index (κ1) is 35.4. The summed E-state index contributed by atoms with van der Waals surface area (Å²) in [6, 6.07) is 12.7. The first-order valence-electron chi connectivity index (χ1n) is 18.1. The van der Waals surface area contributed by atoms with Crippen molar-refractivity contribution in [3.8, 4) is 11.6 Å². The molecule has 0 saturated carbocycles. The summed E-state index contributed by atoms with van der Waals surface area (Å²) in [5.74, 6) is 1.75. The van der Waals surface area contributed by atoms with E-state index in [0.717, 1.165) is 85.9 Å². The second kappa shape index (κ2) is 16.5. The fourth-order valence-corrected chi connectivity index (χ4v) is 7.45. The third kappa shape index (κ3) is 8.82. The van der Waals surface area contributed by atoms with Crippen LogP contribution in [0.3, 0.4) is 0 Å². The van der Waals surface area contributed by atoms with E-state index in [1.54, 1.807) is 0 Å². The number of methoxy groups -OCH3 is 1. The highest BCUT2D eigenvalue weighted by atomic mass is 16.5. The van der Waals surface area contributed by atoms with Crippen LogP contribution < -0.4 is 15.0 Å². The van der Waals surface area contributed by atoms with Gasteiger partial charge in [-0.1, -0.05) is 0 Å². The van der Waals surface area contributed by atoms with Gasteiger partial charge in [-0.05, 0) is 87.5 Å². The molecule has 2 saturated heterocycles. The third-order valence-corrected chi connectivity index (χ3v) is 10.2. The molecule has 1 N–H and O–H groups in total. The van der Waals surface area contributed by atoms with Crippen LogP contribution in [-0.4, -0.2) is 109 Å². The normalized spacial score (nSPS) is 18.3. The number of unbranched alkanes of at least 4 members (excludes halogenated alkanes) is 1. The van der Waals surface area contributed by atoms with Crippen molar-refractivity contribution in [1.82, 2.24) is 24.6 Å². The lowest BCUT2D eigenvalue weighted by atomic mass is 9.93. The predicted octanol–water partition coefficient (Wildman–Crippen LogP) is 4.31. The van der Waals surface area contributed by atoms with Gasteiger partial charge in [0.05, 0.1) is 31.5 Å². The van der Waals surface area contributed by atoms with Crippen LogP contribution in [-0.2, 0) is 25.5 Å². The lowest BCUT2D eigenvalue weighted by molar-refractivity contribution is -0.141. The number of aldehydes is 1. The number of rotatable bonds is 14. The van der Waals surface area contributed by atoms with Gasteiger partial charge in [0.1, 0.15) is 12.1 Å². The molecule has 0 bridgehead atoms. The Morgan fingerprint density at radius 3 is 2.64 bits per heavy atom. The van der Waals surface area contributed by atoms with E-state index in [2.05, 4.69) is 52.4 Å². The molecule has 1 aromatic carbocycles. The highest BCUT2D eigenvalue weighted by Crippen LogP contribution is 2.32. The van der Waals surface area contributed by atoms with Crippen LogP contribution in [0.25, 0.3) is 5.69 Å². The Balaban J connectivity index is 1.17. The Kier molecular flexibility index (Phi) is 11.7. The van der Waals surface area contributed by atoms with Crippen molar-refractivity contribution >= 4 is 29.7 Å². The van der Waals surface area contributed by atoms with E-state index in [4.69, 9.17) is 19.6 Å². The lowest BCUT2D eigenvalue weighted by Crippen LogP contribution is -2.48. The third-order valence-electron chi connectivity index (χ3n) is 10.2. The number of nitrogens with zero attached hydrogens (tertiary/aromatic N) is 6. The molecule has 12 heteroatoms. The molecular formula is C38H51N7O5. The van der Waals surface area contributed by atoms with Gasteiger partial charge in [-0.2, -0.15) is 10.1 Å². The zero-order chi connectivity index (χ0) is 35.0.